The van der Waals surface area contributed by atoms with Crippen LogP contribution in [0.3, 0.4) is 0 Å². The maximum atomic E-state index is 4.35. The summed E-state index contributed by atoms with van der Waals surface area (Å²) in [6.07, 6.45) is 0. The fourth-order valence-corrected chi connectivity index (χ4v) is 2.74. The molecule has 114 valence electrons. The molecule has 2 aromatic heterocycles. The van der Waals surface area contributed by atoms with Gasteiger partial charge in [0.25, 0.3) is 0 Å². The fourth-order valence-electron chi connectivity index (χ4n) is 1.91. The Morgan fingerprint density at radius 3 is 2.52 bits per heavy atom. The molecule has 0 aliphatic heterocycles. The van der Waals surface area contributed by atoms with Crippen molar-refractivity contribution in [1.29, 1.82) is 0 Å². The predicted octanol–water partition coefficient (Wildman–Crippen LogP) is 3.62. The van der Waals surface area contributed by atoms with Gasteiger partial charge in [-0.3, -0.25) is 0 Å². The second-order valence-corrected chi connectivity index (χ2v) is 7.27. The van der Waals surface area contributed by atoms with Crippen molar-refractivity contribution < 1.29 is 0 Å². The highest BCUT2D eigenvalue weighted by atomic mass is 32.1. The van der Waals surface area contributed by atoms with Crippen LogP contribution in [0, 0.1) is 0 Å². The minimum absolute atomic E-state index is 0.0881. The molecule has 0 radical (unpaired) electrons. The van der Waals surface area contributed by atoms with Crippen molar-refractivity contribution in [2.24, 2.45) is 0 Å². The molecule has 0 saturated carbocycles. The Morgan fingerprint density at radius 1 is 1.24 bits per heavy atom. The third-order valence-corrected chi connectivity index (χ3v) is 4.45. The van der Waals surface area contributed by atoms with Crippen molar-refractivity contribution in [2.45, 2.75) is 45.8 Å². The fraction of sp³-hybridized carbons (Fsp3) is 0.500. The lowest BCUT2D eigenvalue weighted by molar-refractivity contribution is 0.420. The molecule has 0 aliphatic carbocycles. The summed E-state index contributed by atoms with van der Waals surface area (Å²) >= 11 is 1.77. The first kappa shape index (κ1) is 15.9. The van der Waals surface area contributed by atoms with Gasteiger partial charge in [-0.2, -0.15) is 5.10 Å². The molecule has 0 spiro atoms. The van der Waals surface area contributed by atoms with E-state index in [9.17, 15) is 0 Å². The van der Waals surface area contributed by atoms with Crippen LogP contribution in [-0.2, 0) is 6.54 Å². The van der Waals surface area contributed by atoms with Crippen LogP contribution >= 0.6 is 11.3 Å². The lowest BCUT2D eigenvalue weighted by Gasteiger charge is -2.25. The Labute approximate surface area is 131 Å². The number of aromatic nitrogens is 2. The minimum Gasteiger partial charge on any atom is -0.351 e. The molecule has 0 amide bonds. The zero-order valence-corrected chi connectivity index (χ0v) is 14.2. The normalized spacial score (nSPS) is 13.2. The van der Waals surface area contributed by atoms with Crippen LogP contribution in [0.15, 0.2) is 29.6 Å². The Bertz CT molecular complexity index is 543. The molecule has 4 nitrogen and oxygen atoms in total. The predicted molar refractivity (Wildman–Crippen MR) is 89.8 cm³/mol. The van der Waals surface area contributed by atoms with Crippen molar-refractivity contribution in [1.82, 2.24) is 15.5 Å². The van der Waals surface area contributed by atoms with E-state index in [1.54, 1.807) is 11.3 Å². The second-order valence-electron chi connectivity index (χ2n) is 6.29. The van der Waals surface area contributed by atoms with Crippen LogP contribution in [0.4, 0.5) is 5.82 Å². The van der Waals surface area contributed by atoms with E-state index in [0.29, 0.717) is 6.04 Å². The van der Waals surface area contributed by atoms with Gasteiger partial charge in [0.1, 0.15) is 0 Å². The molecule has 0 bridgehead atoms. The second kappa shape index (κ2) is 6.54. The first-order valence-corrected chi connectivity index (χ1v) is 8.08. The van der Waals surface area contributed by atoms with E-state index >= 15 is 0 Å². The van der Waals surface area contributed by atoms with Crippen LogP contribution in [-0.4, -0.2) is 22.8 Å². The van der Waals surface area contributed by atoms with Crippen LogP contribution < -0.4 is 10.2 Å². The molecule has 1 atom stereocenters. The van der Waals surface area contributed by atoms with Gasteiger partial charge in [-0.15, -0.1) is 16.4 Å². The Morgan fingerprint density at radius 2 is 2.00 bits per heavy atom. The van der Waals surface area contributed by atoms with Gasteiger partial charge < -0.3 is 10.2 Å². The lowest BCUT2D eigenvalue weighted by atomic mass is 10.1. The summed E-state index contributed by atoms with van der Waals surface area (Å²) < 4.78 is 0. The van der Waals surface area contributed by atoms with E-state index in [0.717, 1.165) is 18.1 Å². The van der Waals surface area contributed by atoms with Crippen LogP contribution in [0.1, 0.15) is 44.3 Å². The molecule has 1 N–H and O–H groups in total. The van der Waals surface area contributed by atoms with Crippen LogP contribution in [0.2, 0.25) is 0 Å². The Kier molecular flexibility index (Phi) is 4.96. The lowest BCUT2D eigenvalue weighted by Crippen LogP contribution is -2.35. The van der Waals surface area contributed by atoms with Crippen molar-refractivity contribution in [3.05, 3.63) is 40.2 Å². The highest BCUT2D eigenvalue weighted by Gasteiger charge is 2.15. The van der Waals surface area contributed by atoms with Gasteiger partial charge in [-0.1, -0.05) is 6.07 Å². The smallest absolute Gasteiger partial charge is 0.151 e. The number of rotatable bonds is 5. The molecule has 2 heterocycles. The summed E-state index contributed by atoms with van der Waals surface area (Å²) in [6, 6.07) is 8.62. The molecular formula is C16H24N4S. The standard InChI is InChI=1S/C16H24N4S/c1-12(14-7-6-10-21-14)20(5)15-9-8-13(18-19-15)11-17-16(2,3)4/h6-10,12,17H,11H2,1-5H3. The topological polar surface area (TPSA) is 41.0 Å². The summed E-state index contributed by atoms with van der Waals surface area (Å²) in [4.78, 5) is 3.48. The molecular weight excluding hydrogens is 280 g/mol. The summed E-state index contributed by atoms with van der Waals surface area (Å²) in [5.41, 5.74) is 1.05. The van der Waals surface area contributed by atoms with E-state index in [2.05, 4.69) is 72.7 Å². The van der Waals surface area contributed by atoms with E-state index in [1.165, 1.54) is 4.88 Å². The SMILES string of the molecule is CC(c1cccs1)N(C)c1ccc(CNC(C)(C)C)nn1. The number of thiophene rings is 1. The number of hydrogen-bond donors (Lipinski definition) is 1. The molecule has 0 fully saturated rings. The van der Waals surface area contributed by atoms with Crippen LogP contribution in [0.25, 0.3) is 0 Å². The zero-order valence-electron chi connectivity index (χ0n) is 13.4. The van der Waals surface area contributed by atoms with E-state index in [-0.39, 0.29) is 5.54 Å². The molecule has 0 saturated heterocycles. The van der Waals surface area contributed by atoms with E-state index in [1.807, 2.05) is 12.1 Å². The average Bonchev–Trinajstić information content (AvgIpc) is 2.97. The van der Waals surface area contributed by atoms with Gasteiger partial charge in [-0.25, -0.2) is 0 Å². The highest BCUT2D eigenvalue weighted by molar-refractivity contribution is 7.10. The van der Waals surface area contributed by atoms with Gasteiger partial charge in [0.15, 0.2) is 5.82 Å². The largest absolute Gasteiger partial charge is 0.351 e. The van der Waals surface area contributed by atoms with Gasteiger partial charge in [0, 0.05) is 24.0 Å². The molecule has 1 unspecified atom stereocenters. The molecule has 5 heteroatoms. The van der Waals surface area contributed by atoms with Gasteiger partial charge >= 0.3 is 0 Å². The van der Waals surface area contributed by atoms with Gasteiger partial charge in [-0.05, 0) is 51.3 Å². The van der Waals surface area contributed by atoms with Crippen LogP contribution in [0.5, 0.6) is 0 Å². The van der Waals surface area contributed by atoms with E-state index < -0.39 is 0 Å². The Balaban J connectivity index is 2.01. The molecule has 0 aliphatic rings. The maximum absolute atomic E-state index is 4.35. The quantitative estimate of drug-likeness (QED) is 0.916. The summed E-state index contributed by atoms with van der Waals surface area (Å²) in [7, 11) is 2.06. The third-order valence-electron chi connectivity index (χ3n) is 3.40. The van der Waals surface area contributed by atoms with Crippen molar-refractivity contribution in [3.8, 4) is 0 Å². The first-order chi connectivity index (χ1) is 9.87. The minimum atomic E-state index is 0.0881. The molecule has 2 rings (SSSR count). The third kappa shape index (κ3) is 4.51. The van der Waals surface area contributed by atoms with Crippen molar-refractivity contribution in [3.63, 3.8) is 0 Å². The highest BCUT2D eigenvalue weighted by Crippen LogP contribution is 2.26. The number of hydrogen-bond acceptors (Lipinski definition) is 5. The number of nitrogens with zero attached hydrogens (tertiary/aromatic N) is 3. The summed E-state index contributed by atoms with van der Waals surface area (Å²) in [5, 5.41) is 14.2. The first-order valence-electron chi connectivity index (χ1n) is 7.21. The maximum Gasteiger partial charge on any atom is 0.151 e. The van der Waals surface area contributed by atoms with Crippen molar-refractivity contribution >= 4 is 17.2 Å². The van der Waals surface area contributed by atoms with Crippen molar-refractivity contribution in [2.75, 3.05) is 11.9 Å². The molecule has 2 aromatic rings. The molecule has 0 aromatic carbocycles. The summed E-state index contributed by atoms with van der Waals surface area (Å²) in [6.45, 7) is 9.35. The zero-order chi connectivity index (χ0) is 15.5. The number of nitrogens with one attached hydrogen (secondary N) is 1. The van der Waals surface area contributed by atoms with Gasteiger partial charge in [0.05, 0.1) is 11.7 Å². The molecule has 21 heavy (non-hydrogen) atoms. The van der Waals surface area contributed by atoms with E-state index in [4.69, 9.17) is 0 Å². The summed E-state index contributed by atoms with van der Waals surface area (Å²) in [5.74, 6) is 0.899. The average molecular weight is 304 g/mol. The van der Waals surface area contributed by atoms with Gasteiger partial charge in [0.2, 0.25) is 0 Å². The number of anilines is 1. The Hall–Kier alpha value is -1.46. The monoisotopic (exact) mass is 304 g/mol.